The van der Waals surface area contributed by atoms with Crippen molar-refractivity contribution in [3.05, 3.63) is 71.4 Å². The van der Waals surface area contributed by atoms with Crippen molar-refractivity contribution in [3.63, 3.8) is 0 Å². The first-order valence-electron chi connectivity index (χ1n) is 7.39. The van der Waals surface area contributed by atoms with Gasteiger partial charge in [-0.25, -0.2) is 9.48 Å². The highest BCUT2D eigenvalue weighted by Crippen LogP contribution is 2.28. The molecule has 0 saturated heterocycles. The van der Waals surface area contributed by atoms with Gasteiger partial charge in [-0.05, 0) is 31.2 Å². The predicted octanol–water partition coefficient (Wildman–Crippen LogP) is 3.51. The largest absolute Gasteiger partial charge is 0.465 e. The minimum absolute atomic E-state index is 0.422. The summed E-state index contributed by atoms with van der Waals surface area (Å²) >= 11 is 0. The van der Waals surface area contributed by atoms with Gasteiger partial charge in [0.2, 0.25) is 0 Å². The maximum absolute atomic E-state index is 12.3. The average molecular weight is 317 g/mol. The zero-order valence-corrected chi connectivity index (χ0v) is 13.4. The molecule has 1 heterocycles. The van der Waals surface area contributed by atoms with Gasteiger partial charge in [0.1, 0.15) is 11.3 Å². The number of carbonyl (C=O) groups excluding carboxylic acids is 1. The number of ether oxygens (including phenoxy) is 1. The lowest BCUT2D eigenvalue weighted by molar-refractivity contribution is 0.0600. The number of esters is 1. The van der Waals surface area contributed by atoms with Crippen LogP contribution < -0.4 is 0 Å². The van der Waals surface area contributed by atoms with E-state index in [1.807, 2.05) is 37.3 Å². The van der Waals surface area contributed by atoms with Crippen LogP contribution in [-0.4, -0.2) is 22.9 Å². The second-order valence-electron chi connectivity index (χ2n) is 5.24. The average Bonchev–Trinajstić information content (AvgIpc) is 2.99. The summed E-state index contributed by atoms with van der Waals surface area (Å²) in [6.45, 7) is 1.83. The van der Waals surface area contributed by atoms with E-state index in [2.05, 4.69) is 11.2 Å². The Balaban J connectivity index is 2.21. The molecular formula is C19H15N3O2. The molecule has 0 N–H and O–H groups in total. The standard InChI is InChI=1S/C19H15N3O2/c1-13-17(19(23)24-2)18(15-10-8-14(12-20)9-11-15)21-22(13)16-6-4-3-5-7-16/h3-11H,1-2H3. The Bertz CT molecular complexity index is 920. The summed E-state index contributed by atoms with van der Waals surface area (Å²) in [7, 11) is 1.35. The Labute approximate surface area is 139 Å². The molecule has 0 unspecified atom stereocenters. The fourth-order valence-corrected chi connectivity index (χ4v) is 2.57. The van der Waals surface area contributed by atoms with Gasteiger partial charge in [0.15, 0.2) is 0 Å². The van der Waals surface area contributed by atoms with Crippen LogP contribution in [0.4, 0.5) is 0 Å². The first-order valence-corrected chi connectivity index (χ1v) is 7.39. The van der Waals surface area contributed by atoms with Crippen LogP contribution in [0.15, 0.2) is 54.6 Å². The third-order valence-corrected chi connectivity index (χ3v) is 3.79. The molecule has 118 valence electrons. The summed E-state index contributed by atoms with van der Waals surface area (Å²) in [5, 5.41) is 13.5. The first kappa shape index (κ1) is 15.5. The zero-order chi connectivity index (χ0) is 17.1. The van der Waals surface area contributed by atoms with Crippen LogP contribution in [0.3, 0.4) is 0 Å². The topological polar surface area (TPSA) is 67.9 Å². The molecule has 24 heavy (non-hydrogen) atoms. The highest BCUT2D eigenvalue weighted by atomic mass is 16.5. The number of benzene rings is 2. The van der Waals surface area contributed by atoms with Crippen LogP contribution in [-0.2, 0) is 4.74 Å². The Hall–Kier alpha value is -3.39. The van der Waals surface area contributed by atoms with Crippen molar-refractivity contribution in [3.8, 4) is 23.0 Å². The normalized spacial score (nSPS) is 10.2. The van der Waals surface area contributed by atoms with Crippen LogP contribution in [0.1, 0.15) is 21.6 Å². The van der Waals surface area contributed by atoms with Crippen molar-refractivity contribution in [1.82, 2.24) is 9.78 Å². The molecule has 0 amide bonds. The summed E-state index contributed by atoms with van der Waals surface area (Å²) in [5.41, 5.74) is 3.83. The Morgan fingerprint density at radius 1 is 1.12 bits per heavy atom. The number of hydrogen-bond acceptors (Lipinski definition) is 4. The first-order chi connectivity index (χ1) is 11.7. The molecule has 0 aliphatic heterocycles. The number of rotatable bonds is 3. The maximum atomic E-state index is 12.3. The molecule has 0 fully saturated rings. The van der Waals surface area contributed by atoms with Gasteiger partial charge >= 0.3 is 5.97 Å². The van der Waals surface area contributed by atoms with Crippen molar-refractivity contribution < 1.29 is 9.53 Å². The molecule has 2 aromatic carbocycles. The number of nitrogens with zero attached hydrogens (tertiary/aromatic N) is 3. The summed E-state index contributed by atoms with van der Waals surface area (Å²) in [4.78, 5) is 12.3. The van der Waals surface area contributed by atoms with Crippen LogP contribution >= 0.6 is 0 Å². The molecule has 0 bridgehead atoms. The molecule has 3 aromatic rings. The van der Waals surface area contributed by atoms with Gasteiger partial charge in [0.05, 0.1) is 30.1 Å². The lowest BCUT2D eigenvalue weighted by atomic mass is 10.0. The van der Waals surface area contributed by atoms with E-state index in [1.165, 1.54) is 7.11 Å². The molecule has 5 nitrogen and oxygen atoms in total. The van der Waals surface area contributed by atoms with Crippen molar-refractivity contribution in [2.45, 2.75) is 6.92 Å². The molecular weight excluding hydrogens is 302 g/mol. The second kappa shape index (κ2) is 6.39. The fraction of sp³-hybridized carbons (Fsp3) is 0.105. The van der Waals surface area contributed by atoms with Crippen LogP contribution in [0.2, 0.25) is 0 Å². The molecule has 5 heteroatoms. The van der Waals surface area contributed by atoms with E-state index in [1.54, 1.807) is 28.9 Å². The van der Waals surface area contributed by atoms with Crippen molar-refractivity contribution >= 4 is 5.97 Å². The van der Waals surface area contributed by atoms with Gasteiger partial charge in [0, 0.05) is 5.56 Å². The van der Waals surface area contributed by atoms with E-state index in [-0.39, 0.29) is 0 Å². The van der Waals surface area contributed by atoms with Gasteiger partial charge < -0.3 is 4.74 Å². The van der Waals surface area contributed by atoms with Gasteiger partial charge in [-0.1, -0.05) is 30.3 Å². The number of carbonyl (C=O) groups is 1. The summed E-state index contributed by atoms with van der Waals surface area (Å²) < 4.78 is 6.65. The molecule has 0 atom stereocenters. The number of nitriles is 1. The number of para-hydroxylation sites is 1. The summed E-state index contributed by atoms with van der Waals surface area (Å²) in [6.07, 6.45) is 0. The number of methoxy groups -OCH3 is 1. The Kier molecular flexibility index (Phi) is 4.13. The molecule has 0 aliphatic rings. The highest BCUT2D eigenvalue weighted by Gasteiger charge is 2.23. The van der Waals surface area contributed by atoms with Crippen molar-refractivity contribution in [2.75, 3.05) is 7.11 Å². The van der Waals surface area contributed by atoms with Crippen molar-refractivity contribution in [2.24, 2.45) is 0 Å². The molecule has 3 rings (SSSR count). The van der Waals surface area contributed by atoms with E-state index < -0.39 is 5.97 Å². The van der Waals surface area contributed by atoms with E-state index >= 15 is 0 Å². The van der Waals surface area contributed by atoms with E-state index in [0.29, 0.717) is 22.5 Å². The summed E-state index contributed by atoms with van der Waals surface area (Å²) in [6, 6.07) is 18.6. The lowest BCUT2D eigenvalue weighted by Gasteiger charge is -2.04. The Morgan fingerprint density at radius 2 is 1.79 bits per heavy atom. The van der Waals surface area contributed by atoms with Crippen LogP contribution in [0, 0.1) is 18.3 Å². The van der Waals surface area contributed by atoms with E-state index in [9.17, 15) is 4.79 Å². The zero-order valence-electron chi connectivity index (χ0n) is 13.4. The third-order valence-electron chi connectivity index (χ3n) is 3.79. The van der Waals surface area contributed by atoms with Gasteiger partial charge in [0.25, 0.3) is 0 Å². The molecule has 0 spiro atoms. The summed E-state index contributed by atoms with van der Waals surface area (Å²) in [5.74, 6) is -0.436. The van der Waals surface area contributed by atoms with Gasteiger partial charge in [-0.3, -0.25) is 0 Å². The Morgan fingerprint density at radius 3 is 2.38 bits per heavy atom. The quantitative estimate of drug-likeness (QED) is 0.693. The number of hydrogen-bond donors (Lipinski definition) is 0. The third kappa shape index (κ3) is 2.66. The van der Waals surface area contributed by atoms with Crippen LogP contribution in [0.5, 0.6) is 0 Å². The predicted molar refractivity (Wildman–Crippen MR) is 89.8 cm³/mol. The SMILES string of the molecule is COC(=O)c1c(-c2ccc(C#N)cc2)nn(-c2ccccc2)c1C. The highest BCUT2D eigenvalue weighted by molar-refractivity contribution is 5.97. The van der Waals surface area contributed by atoms with E-state index in [0.717, 1.165) is 11.3 Å². The lowest BCUT2D eigenvalue weighted by Crippen LogP contribution is -2.05. The monoisotopic (exact) mass is 317 g/mol. The minimum Gasteiger partial charge on any atom is -0.465 e. The van der Waals surface area contributed by atoms with Crippen molar-refractivity contribution in [1.29, 1.82) is 5.26 Å². The minimum atomic E-state index is -0.436. The van der Waals surface area contributed by atoms with Gasteiger partial charge in [-0.2, -0.15) is 10.4 Å². The van der Waals surface area contributed by atoms with Gasteiger partial charge in [-0.15, -0.1) is 0 Å². The fourth-order valence-electron chi connectivity index (χ4n) is 2.57. The second-order valence-corrected chi connectivity index (χ2v) is 5.24. The molecule has 1 aromatic heterocycles. The molecule has 0 saturated carbocycles. The maximum Gasteiger partial charge on any atom is 0.342 e. The molecule has 0 radical (unpaired) electrons. The van der Waals surface area contributed by atoms with Crippen LogP contribution in [0.25, 0.3) is 16.9 Å². The number of aromatic nitrogens is 2. The van der Waals surface area contributed by atoms with E-state index in [4.69, 9.17) is 10.00 Å². The smallest absolute Gasteiger partial charge is 0.342 e. The molecule has 0 aliphatic carbocycles.